The van der Waals surface area contributed by atoms with Crippen LogP contribution in [0.5, 0.6) is 0 Å². The van der Waals surface area contributed by atoms with Crippen molar-refractivity contribution in [3.05, 3.63) is 65.2 Å². The predicted molar refractivity (Wildman–Crippen MR) is 147 cm³/mol. The Morgan fingerprint density at radius 3 is 2.64 bits per heavy atom. The molecule has 1 spiro atoms. The van der Waals surface area contributed by atoms with E-state index >= 15 is 0 Å². The van der Waals surface area contributed by atoms with Gasteiger partial charge in [0.25, 0.3) is 0 Å². The number of fused-ring (bicyclic) bond motifs is 2. The molecule has 2 heterocycles. The largest absolute Gasteiger partial charge is 0.388 e. The Balaban J connectivity index is 1.31. The van der Waals surface area contributed by atoms with E-state index in [1.807, 2.05) is 7.05 Å². The first-order valence-corrected chi connectivity index (χ1v) is 14.6. The van der Waals surface area contributed by atoms with Crippen molar-refractivity contribution in [1.29, 1.82) is 0 Å². The molecule has 2 N–H and O–H groups in total. The first-order valence-electron chi connectivity index (χ1n) is 14.6. The van der Waals surface area contributed by atoms with Crippen LogP contribution >= 0.6 is 0 Å². The van der Waals surface area contributed by atoms with Crippen LogP contribution in [0.15, 0.2) is 48.5 Å². The molecular formula is C32H43N3O. The van der Waals surface area contributed by atoms with Crippen molar-refractivity contribution in [2.45, 2.75) is 81.6 Å². The van der Waals surface area contributed by atoms with Gasteiger partial charge in [0.1, 0.15) is 0 Å². The molecule has 2 aromatic rings. The van der Waals surface area contributed by atoms with E-state index in [0.29, 0.717) is 23.8 Å². The van der Waals surface area contributed by atoms with Gasteiger partial charge in [-0.2, -0.15) is 0 Å². The number of benzene rings is 2. The second-order valence-electron chi connectivity index (χ2n) is 11.9. The number of rotatable bonds is 4. The predicted octanol–water partition coefficient (Wildman–Crippen LogP) is 5.88. The molecule has 4 nitrogen and oxygen atoms in total. The molecule has 4 aliphatic rings. The molecule has 4 heteroatoms. The van der Waals surface area contributed by atoms with E-state index in [1.165, 1.54) is 60.9 Å². The van der Waals surface area contributed by atoms with Crippen molar-refractivity contribution in [2.24, 2.45) is 11.8 Å². The lowest BCUT2D eigenvalue weighted by Gasteiger charge is -2.48. The van der Waals surface area contributed by atoms with E-state index in [4.69, 9.17) is 0 Å². The number of hydrogen-bond donors (Lipinski definition) is 2. The Labute approximate surface area is 217 Å². The molecule has 4 atom stereocenters. The van der Waals surface area contributed by atoms with Crippen molar-refractivity contribution in [1.82, 2.24) is 10.2 Å². The summed E-state index contributed by atoms with van der Waals surface area (Å²) in [4.78, 5) is 17.0. The molecule has 192 valence electrons. The molecule has 2 saturated heterocycles. The molecule has 2 aliphatic heterocycles. The van der Waals surface area contributed by atoms with Crippen LogP contribution in [0, 0.1) is 11.8 Å². The minimum Gasteiger partial charge on any atom is -0.388 e. The van der Waals surface area contributed by atoms with Crippen LogP contribution in [0.25, 0.3) is 0 Å². The van der Waals surface area contributed by atoms with Gasteiger partial charge in [-0.25, -0.2) is 0 Å². The molecule has 4 unspecified atom stereocenters. The Kier molecular flexibility index (Phi) is 6.81. The third-order valence-electron chi connectivity index (χ3n) is 10.2. The van der Waals surface area contributed by atoms with E-state index in [-0.39, 0.29) is 11.3 Å². The first-order chi connectivity index (χ1) is 17.7. The number of likely N-dealkylation sites (tertiary alicyclic amines) is 1. The standard InChI is InChI=1S/C32H43N3O/c1-33-29-16-8-15-27-26(29)14-9-18-32(27)22-34-21-28(32)31(36)35-19-17-25(23-10-4-2-5-11-23)20-30(35)24-12-6-3-7-13-24/h2,4-5,8,10-11,15-16,24-25,28,30,33-34H,3,6-7,9,12-14,17-22H2,1H3. The van der Waals surface area contributed by atoms with Crippen LogP contribution in [-0.4, -0.2) is 43.5 Å². The molecule has 1 saturated carbocycles. The molecule has 0 radical (unpaired) electrons. The van der Waals surface area contributed by atoms with Crippen LogP contribution in [0.2, 0.25) is 0 Å². The molecule has 0 aromatic heterocycles. The summed E-state index contributed by atoms with van der Waals surface area (Å²) < 4.78 is 0. The van der Waals surface area contributed by atoms with Crippen molar-refractivity contribution < 1.29 is 4.79 Å². The van der Waals surface area contributed by atoms with Gasteiger partial charge in [-0.1, -0.05) is 61.7 Å². The fourth-order valence-electron chi connectivity index (χ4n) is 8.36. The molecule has 36 heavy (non-hydrogen) atoms. The Hall–Kier alpha value is -2.33. The maximum atomic E-state index is 14.6. The molecule has 1 amide bonds. The number of nitrogens with one attached hydrogen (secondary N) is 2. The summed E-state index contributed by atoms with van der Waals surface area (Å²) in [6, 6.07) is 18.2. The summed E-state index contributed by atoms with van der Waals surface area (Å²) in [7, 11) is 2.03. The third kappa shape index (κ3) is 4.16. The SMILES string of the molecule is CNc1cccc2c1CCCC21CNCC1C(=O)N1CCC(c2ccccc2)CC1C1CCCCC1. The minimum atomic E-state index is -0.0646. The summed E-state index contributed by atoms with van der Waals surface area (Å²) in [6.45, 7) is 2.66. The van der Waals surface area contributed by atoms with E-state index < -0.39 is 0 Å². The normalized spacial score (nSPS) is 30.8. The zero-order chi connectivity index (χ0) is 24.5. The van der Waals surface area contributed by atoms with Gasteiger partial charge in [-0.15, -0.1) is 0 Å². The van der Waals surface area contributed by atoms with Crippen LogP contribution in [0.3, 0.4) is 0 Å². The van der Waals surface area contributed by atoms with Crippen molar-refractivity contribution in [2.75, 3.05) is 32.0 Å². The van der Waals surface area contributed by atoms with Crippen LogP contribution in [-0.2, 0) is 16.6 Å². The highest BCUT2D eigenvalue weighted by Gasteiger charge is 2.52. The lowest BCUT2D eigenvalue weighted by molar-refractivity contribution is -0.143. The van der Waals surface area contributed by atoms with Crippen LogP contribution in [0.1, 0.15) is 80.4 Å². The number of carbonyl (C=O) groups is 1. The summed E-state index contributed by atoms with van der Waals surface area (Å²) in [6.07, 6.45) is 12.2. The van der Waals surface area contributed by atoms with Gasteiger partial charge in [0.2, 0.25) is 5.91 Å². The quantitative estimate of drug-likeness (QED) is 0.569. The Morgan fingerprint density at radius 2 is 1.83 bits per heavy atom. The number of anilines is 1. The summed E-state index contributed by atoms with van der Waals surface area (Å²) in [5.74, 6) is 1.72. The topological polar surface area (TPSA) is 44.4 Å². The smallest absolute Gasteiger partial charge is 0.228 e. The summed E-state index contributed by atoms with van der Waals surface area (Å²) in [5, 5.41) is 7.12. The van der Waals surface area contributed by atoms with Crippen molar-refractivity contribution in [3.63, 3.8) is 0 Å². The van der Waals surface area contributed by atoms with E-state index in [9.17, 15) is 4.79 Å². The highest BCUT2D eigenvalue weighted by atomic mass is 16.2. The second kappa shape index (κ2) is 10.2. The maximum Gasteiger partial charge on any atom is 0.228 e. The Bertz CT molecular complexity index is 1060. The van der Waals surface area contributed by atoms with Gasteiger partial charge in [0, 0.05) is 43.8 Å². The van der Waals surface area contributed by atoms with Gasteiger partial charge in [0.05, 0.1) is 5.92 Å². The monoisotopic (exact) mass is 485 g/mol. The molecular weight excluding hydrogens is 442 g/mol. The zero-order valence-corrected chi connectivity index (χ0v) is 22.0. The van der Waals surface area contributed by atoms with E-state index in [2.05, 4.69) is 64.1 Å². The van der Waals surface area contributed by atoms with E-state index in [1.54, 1.807) is 0 Å². The third-order valence-corrected chi connectivity index (χ3v) is 10.2. The highest BCUT2D eigenvalue weighted by Crippen LogP contribution is 2.48. The number of carbonyl (C=O) groups excluding carboxylic acids is 1. The summed E-state index contributed by atoms with van der Waals surface area (Å²) in [5.41, 5.74) is 5.51. The van der Waals surface area contributed by atoms with Crippen molar-refractivity contribution in [3.8, 4) is 0 Å². The minimum absolute atomic E-state index is 0.0445. The zero-order valence-electron chi connectivity index (χ0n) is 22.0. The van der Waals surface area contributed by atoms with Gasteiger partial charge >= 0.3 is 0 Å². The van der Waals surface area contributed by atoms with Crippen molar-refractivity contribution >= 4 is 11.6 Å². The molecule has 2 aliphatic carbocycles. The number of amides is 1. The fraction of sp³-hybridized carbons (Fsp3) is 0.594. The van der Waals surface area contributed by atoms with Gasteiger partial charge in [0.15, 0.2) is 0 Å². The second-order valence-corrected chi connectivity index (χ2v) is 11.9. The fourth-order valence-corrected chi connectivity index (χ4v) is 8.36. The van der Waals surface area contributed by atoms with Crippen LogP contribution < -0.4 is 10.6 Å². The number of piperidine rings is 1. The lowest BCUT2D eigenvalue weighted by atomic mass is 9.63. The Morgan fingerprint density at radius 1 is 1.00 bits per heavy atom. The van der Waals surface area contributed by atoms with E-state index in [0.717, 1.165) is 45.3 Å². The van der Waals surface area contributed by atoms with Gasteiger partial charge < -0.3 is 15.5 Å². The molecule has 2 aromatic carbocycles. The highest BCUT2D eigenvalue weighted by molar-refractivity contribution is 5.82. The number of nitrogens with zero attached hydrogens (tertiary/aromatic N) is 1. The lowest BCUT2D eigenvalue weighted by Crippen LogP contribution is -2.55. The van der Waals surface area contributed by atoms with Gasteiger partial charge in [-0.05, 0) is 79.5 Å². The molecule has 0 bridgehead atoms. The number of hydrogen-bond acceptors (Lipinski definition) is 3. The maximum absolute atomic E-state index is 14.6. The molecule has 3 fully saturated rings. The van der Waals surface area contributed by atoms with Crippen LogP contribution in [0.4, 0.5) is 5.69 Å². The van der Waals surface area contributed by atoms with Gasteiger partial charge in [-0.3, -0.25) is 4.79 Å². The summed E-state index contributed by atoms with van der Waals surface area (Å²) >= 11 is 0. The molecule has 6 rings (SSSR count). The first kappa shape index (κ1) is 24.0. The average molecular weight is 486 g/mol. The average Bonchev–Trinajstić information content (AvgIpc) is 3.37.